The van der Waals surface area contributed by atoms with E-state index in [4.69, 9.17) is 23.7 Å². The molecule has 2 fully saturated rings. The lowest BCUT2D eigenvalue weighted by atomic mass is 9.75. The van der Waals surface area contributed by atoms with Crippen LogP contribution < -0.4 is 0 Å². The highest BCUT2D eigenvalue weighted by Gasteiger charge is 2.76. The Hall–Kier alpha value is -3.25. The van der Waals surface area contributed by atoms with Gasteiger partial charge in [-0.05, 0) is 58.6 Å². The Morgan fingerprint density at radius 3 is 2.15 bits per heavy atom. The molecule has 0 aromatic carbocycles. The smallest absolute Gasteiger partial charge is 0.341 e. The molecule has 3 rings (SSSR count). The van der Waals surface area contributed by atoms with Crippen molar-refractivity contribution in [3.8, 4) is 0 Å². The summed E-state index contributed by atoms with van der Waals surface area (Å²) in [5.74, 6) is -5.03. The van der Waals surface area contributed by atoms with Crippen molar-refractivity contribution in [3.63, 3.8) is 0 Å². The number of aliphatic hydroxyl groups is 2. The number of carbonyl (C=O) groups excluding carboxylic acids is 5. The van der Waals surface area contributed by atoms with E-state index in [2.05, 4.69) is 6.92 Å². The lowest BCUT2D eigenvalue weighted by Gasteiger charge is -2.41. The maximum absolute atomic E-state index is 13.3. The minimum atomic E-state index is -2.57. The molecule has 1 saturated heterocycles. The SMILES string of the molecule is C/C=C(\C)C(=O)O[C@H]1C(C)=C2[C@H]([C@@H]1OC(=O)CCCCCCC)[C@@](C)(OC(C)=O)C[C@H](OC(=O)CCC)[C@@]1(O)[C@H]2OC(=O)[C@@]1(C)O. The van der Waals surface area contributed by atoms with Gasteiger partial charge in [0, 0.05) is 31.8 Å². The lowest BCUT2D eigenvalue weighted by molar-refractivity contribution is -0.212. The fourth-order valence-electron chi connectivity index (χ4n) is 6.90. The van der Waals surface area contributed by atoms with E-state index in [-0.39, 0.29) is 29.6 Å². The molecule has 12 nitrogen and oxygen atoms in total. The van der Waals surface area contributed by atoms with Crippen LogP contribution >= 0.6 is 0 Å². The van der Waals surface area contributed by atoms with Crippen LogP contribution in [-0.4, -0.2) is 81.3 Å². The Labute approximate surface area is 270 Å². The van der Waals surface area contributed by atoms with Gasteiger partial charge in [-0.3, -0.25) is 14.4 Å². The van der Waals surface area contributed by atoms with E-state index in [1.165, 1.54) is 13.8 Å². The average molecular weight is 651 g/mol. The van der Waals surface area contributed by atoms with E-state index in [1.54, 1.807) is 33.8 Å². The Morgan fingerprint density at radius 1 is 0.935 bits per heavy atom. The summed E-state index contributed by atoms with van der Waals surface area (Å²) in [6, 6.07) is 0. The highest BCUT2D eigenvalue weighted by molar-refractivity contribution is 5.88. The lowest BCUT2D eigenvalue weighted by Crippen LogP contribution is -2.64. The van der Waals surface area contributed by atoms with Crippen LogP contribution in [0.15, 0.2) is 22.8 Å². The average Bonchev–Trinajstić information content (AvgIpc) is 3.30. The highest BCUT2D eigenvalue weighted by atomic mass is 16.6. The molecule has 0 bridgehead atoms. The molecule has 8 atom stereocenters. The Kier molecular flexibility index (Phi) is 11.9. The van der Waals surface area contributed by atoms with Crippen LogP contribution in [0.5, 0.6) is 0 Å². The minimum absolute atomic E-state index is 0.0234. The zero-order valence-corrected chi connectivity index (χ0v) is 28.3. The topological polar surface area (TPSA) is 172 Å². The van der Waals surface area contributed by atoms with E-state index in [0.29, 0.717) is 12.8 Å². The predicted octanol–water partition coefficient (Wildman–Crippen LogP) is 3.93. The molecular formula is C34H50O12. The molecule has 258 valence electrons. The third kappa shape index (κ3) is 7.02. The normalized spacial score (nSPS) is 33.8. The summed E-state index contributed by atoms with van der Waals surface area (Å²) in [6.07, 6.45) is 0.272. The Morgan fingerprint density at radius 2 is 1.57 bits per heavy atom. The number of hydrogen-bond donors (Lipinski definition) is 2. The largest absolute Gasteiger partial charge is 0.459 e. The molecule has 3 aliphatic rings. The van der Waals surface area contributed by atoms with Gasteiger partial charge in [-0.1, -0.05) is 45.6 Å². The van der Waals surface area contributed by atoms with E-state index < -0.39 is 83.4 Å². The van der Waals surface area contributed by atoms with Crippen LogP contribution in [0.4, 0.5) is 0 Å². The summed E-state index contributed by atoms with van der Waals surface area (Å²) in [5.41, 5.74) is -6.12. The van der Waals surface area contributed by atoms with E-state index >= 15 is 0 Å². The van der Waals surface area contributed by atoms with Crippen LogP contribution in [0.1, 0.15) is 113 Å². The Bertz CT molecular complexity index is 1260. The van der Waals surface area contributed by atoms with Crippen molar-refractivity contribution in [2.45, 2.75) is 154 Å². The summed E-state index contributed by atoms with van der Waals surface area (Å²) in [6.45, 7) is 12.4. The maximum Gasteiger partial charge on any atom is 0.341 e. The quantitative estimate of drug-likeness (QED) is 0.0969. The summed E-state index contributed by atoms with van der Waals surface area (Å²) < 4.78 is 29.3. The van der Waals surface area contributed by atoms with Gasteiger partial charge in [0.25, 0.3) is 0 Å². The van der Waals surface area contributed by atoms with Crippen LogP contribution in [0.3, 0.4) is 0 Å². The van der Waals surface area contributed by atoms with Gasteiger partial charge in [0.2, 0.25) is 0 Å². The minimum Gasteiger partial charge on any atom is -0.459 e. The van der Waals surface area contributed by atoms with Crippen molar-refractivity contribution < 1.29 is 57.9 Å². The summed E-state index contributed by atoms with van der Waals surface area (Å²) in [4.78, 5) is 65.1. The van der Waals surface area contributed by atoms with Gasteiger partial charge in [-0.2, -0.15) is 0 Å². The summed E-state index contributed by atoms with van der Waals surface area (Å²) in [7, 11) is 0. The van der Waals surface area contributed by atoms with Gasteiger partial charge in [0.05, 0.1) is 5.92 Å². The number of ether oxygens (including phenoxy) is 5. The first kappa shape index (κ1) is 37.2. The monoisotopic (exact) mass is 650 g/mol. The third-order valence-electron chi connectivity index (χ3n) is 9.51. The van der Waals surface area contributed by atoms with Gasteiger partial charge < -0.3 is 33.9 Å². The van der Waals surface area contributed by atoms with Crippen molar-refractivity contribution in [3.05, 3.63) is 22.8 Å². The van der Waals surface area contributed by atoms with Crippen molar-refractivity contribution >= 4 is 29.8 Å². The van der Waals surface area contributed by atoms with Crippen LogP contribution in [0, 0.1) is 5.92 Å². The first-order valence-electron chi connectivity index (χ1n) is 16.3. The molecule has 12 heteroatoms. The first-order valence-corrected chi connectivity index (χ1v) is 16.3. The van der Waals surface area contributed by atoms with Crippen LogP contribution in [-0.2, 0) is 47.7 Å². The Balaban J connectivity index is 2.23. The molecule has 2 aliphatic carbocycles. The molecule has 0 amide bonds. The zero-order valence-electron chi connectivity index (χ0n) is 28.3. The van der Waals surface area contributed by atoms with Crippen molar-refractivity contribution in [1.82, 2.24) is 0 Å². The van der Waals surface area contributed by atoms with Crippen molar-refractivity contribution in [2.24, 2.45) is 5.92 Å². The zero-order chi connectivity index (χ0) is 34.6. The predicted molar refractivity (Wildman–Crippen MR) is 164 cm³/mol. The number of unbranched alkanes of at least 4 members (excludes halogenated alkanes) is 4. The fraction of sp³-hybridized carbons (Fsp3) is 0.735. The highest BCUT2D eigenvalue weighted by Crippen LogP contribution is 2.57. The van der Waals surface area contributed by atoms with Gasteiger partial charge in [0.15, 0.2) is 29.5 Å². The summed E-state index contributed by atoms with van der Waals surface area (Å²) >= 11 is 0. The number of esters is 5. The molecule has 1 aliphatic heterocycles. The second-order valence-electron chi connectivity index (χ2n) is 13.1. The fourth-order valence-corrected chi connectivity index (χ4v) is 6.90. The molecule has 1 heterocycles. The number of hydrogen-bond acceptors (Lipinski definition) is 12. The molecule has 0 aromatic heterocycles. The number of allylic oxidation sites excluding steroid dienone is 1. The molecule has 46 heavy (non-hydrogen) atoms. The number of fused-ring (bicyclic) bond motifs is 3. The van der Waals surface area contributed by atoms with Gasteiger partial charge in [0.1, 0.15) is 11.7 Å². The second kappa shape index (κ2) is 14.7. The van der Waals surface area contributed by atoms with Gasteiger partial charge >= 0.3 is 29.8 Å². The molecule has 0 unspecified atom stereocenters. The van der Waals surface area contributed by atoms with Crippen LogP contribution in [0.2, 0.25) is 0 Å². The number of carbonyl (C=O) groups is 5. The standard InChI is InChI=1S/C34H50O12/c1-9-12-13-14-15-17-24(37)43-28-26-25(20(5)27(28)44-30(38)19(4)11-3)29-34(41,33(8,40)31(39)45-29)22(42-23(36)16-10-2)18-32(26,7)46-21(6)35/h11,22,26-29,40-41H,9-10,12-18H2,1-8H3/b19-11+/t22-,26+,27-,28-,29-,32-,33+,34+/m0/s1. The van der Waals surface area contributed by atoms with Gasteiger partial charge in [-0.15, -0.1) is 0 Å². The maximum atomic E-state index is 13.3. The van der Waals surface area contributed by atoms with E-state index in [1.807, 2.05) is 0 Å². The van der Waals surface area contributed by atoms with Crippen LogP contribution in [0.25, 0.3) is 0 Å². The first-order chi connectivity index (χ1) is 21.5. The molecule has 1 saturated carbocycles. The molecular weight excluding hydrogens is 600 g/mol. The van der Waals surface area contributed by atoms with Crippen molar-refractivity contribution in [1.29, 1.82) is 0 Å². The molecule has 0 aromatic rings. The molecule has 2 N–H and O–H groups in total. The van der Waals surface area contributed by atoms with E-state index in [9.17, 15) is 34.2 Å². The molecule has 0 spiro atoms. The second-order valence-corrected chi connectivity index (χ2v) is 13.1. The molecule has 0 radical (unpaired) electrons. The van der Waals surface area contributed by atoms with Crippen molar-refractivity contribution in [2.75, 3.05) is 0 Å². The number of rotatable bonds is 13. The summed E-state index contributed by atoms with van der Waals surface area (Å²) in [5, 5.41) is 23.9. The van der Waals surface area contributed by atoms with Gasteiger partial charge in [-0.25, -0.2) is 9.59 Å². The third-order valence-corrected chi connectivity index (χ3v) is 9.51. The van der Waals surface area contributed by atoms with E-state index in [0.717, 1.165) is 32.6 Å².